The van der Waals surface area contributed by atoms with E-state index >= 15 is 0 Å². The molecule has 0 radical (unpaired) electrons. The van der Waals surface area contributed by atoms with Gasteiger partial charge in [-0.3, -0.25) is 5.43 Å². The van der Waals surface area contributed by atoms with E-state index in [0.29, 0.717) is 11.6 Å². The van der Waals surface area contributed by atoms with Gasteiger partial charge in [0.1, 0.15) is 0 Å². The van der Waals surface area contributed by atoms with E-state index in [1.54, 1.807) is 6.26 Å². The van der Waals surface area contributed by atoms with Crippen LogP contribution in [-0.2, 0) is 0 Å². The van der Waals surface area contributed by atoms with Gasteiger partial charge in [-0.1, -0.05) is 48.5 Å². The van der Waals surface area contributed by atoms with Gasteiger partial charge in [-0.05, 0) is 18.2 Å². The van der Waals surface area contributed by atoms with Crippen LogP contribution in [0.15, 0.2) is 87.5 Å². The third-order valence-corrected chi connectivity index (χ3v) is 3.47. The lowest BCUT2D eigenvalue weighted by atomic mass is 10.0. The second-order valence-corrected chi connectivity index (χ2v) is 4.89. The molecule has 0 spiro atoms. The van der Waals surface area contributed by atoms with E-state index < -0.39 is 0 Å². The maximum atomic E-state index is 5.42. The lowest BCUT2D eigenvalue weighted by Crippen LogP contribution is -2.19. The molecule has 1 aliphatic rings. The molecule has 4 nitrogen and oxygen atoms in total. The third-order valence-electron chi connectivity index (χ3n) is 3.47. The number of nitrogens with one attached hydrogen (secondary N) is 1. The van der Waals surface area contributed by atoms with Crippen molar-refractivity contribution >= 4 is 17.2 Å². The minimum absolute atomic E-state index is 0.600. The van der Waals surface area contributed by atoms with Crippen molar-refractivity contribution in [2.75, 3.05) is 0 Å². The van der Waals surface area contributed by atoms with Gasteiger partial charge < -0.3 is 4.42 Å². The number of fused-ring (bicyclic) bond motifs is 1. The Hall–Kier alpha value is -3.14. The van der Waals surface area contributed by atoms with Crippen LogP contribution in [0, 0.1) is 0 Å². The van der Waals surface area contributed by atoms with E-state index in [1.807, 2.05) is 66.7 Å². The SMILES string of the molecule is c1ccc(C2=NNC(c3ccco3)=Nc3ccccc32)cc1. The molecular formula is C18H13N3O. The molecule has 0 fully saturated rings. The summed E-state index contributed by atoms with van der Waals surface area (Å²) in [4.78, 5) is 4.65. The Morgan fingerprint density at radius 1 is 0.818 bits per heavy atom. The number of hydrogen-bond donors (Lipinski definition) is 1. The number of para-hydroxylation sites is 1. The van der Waals surface area contributed by atoms with Crippen LogP contribution in [0.4, 0.5) is 5.69 Å². The molecule has 1 aliphatic heterocycles. The van der Waals surface area contributed by atoms with Gasteiger partial charge in [0.15, 0.2) is 11.6 Å². The Kier molecular flexibility index (Phi) is 3.05. The number of hydrogen-bond acceptors (Lipinski definition) is 4. The number of benzene rings is 2. The van der Waals surface area contributed by atoms with E-state index in [1.165, 1.54) is 0 Å². The van der Waals surface area contributed by atoms with Gasteiger partial charge in [-0.25, -0.2) is 4.99 Å². The molecule has 106 valence electrons. The van der Waals surface area contributed by atoms with Crippen molar-refractivity contribution < 1.29 is 4.42 Å². The lowest BCUT2D eigenvalue weighted by Gasteiger charge is -2.06. The summed E-state index contributed by atoms with van der Waals surface area (Å²) in [6.07, 6.45) is 1.62. The molecule has 0 atom stereocenters. The summed E-state index contributed by atoms with van der Waals surface area (Å²) >= 11 is 0. The van der Waals surface area contributed by atoms with Crippen molar-refractivity contribution in [1.82, 2.24) is 5.43 Å². The first-order valence-corrected chi connectivity index (χ1v) is 7.03. The highest BCUT2D eigenvalue weighted by Crippen LogP contribution is 2.25. The first-order chi connectivity index (χ1) is 10.9. The van der Waals surface area contributed by atoms with Crippen LogP contribution >= 0.6 is 0 Å². The highest BCUT2D eigenvalue weighted by Gasteiger charge is 2.17. The quantitative estimate of drug-likeness (QED) is 0.781. The summed E-state index contributed by atoms with van der Waals surface area (Å²) in [5, 5.41) is 4.55. The number of amidine groups is 1. The molecule has 0 amide bonds. The predicted octanol–water partition coefficient (Wildman–Crippen LogP) is 3.71. The van der Waals surface area contributed by atoms with Gasteiger partial charge in [0, 0.05) is 11.1 Å². The minimum Gasteiger partial charge on any atom is -0.461 e. The fourth-order valence-corrected chi connectivity index (χ4v) is 2.43. The average molecular weight is 287 g/mol. The van der Waals surface area contributed by atoms with Gasteiger partial charge >= 0.3 is 0 Å². The van der Waals surface area contributed by atoms with Crippen molar-refractivity contribution in [2.45, 2.75) is 0 Å². The molecule has 0 unspecified atom stereocenters. The summed E-state index contributed by atoms with van der Waals surface area (Å²) in [6, 6.07) is 21.7. The Morgan fingerprint density at radius 3 is 2.45 bits per heavy atom. The zero-order valence-corrected chi connectivity index (χ0v) is 11.7. The zero-order valence-electron chi connectivity index (χ0n) is 11.7. The van der Waals surface area contributed by atoms with Gasteiger partial charge in [0.05, 0.1) is 17.7 Å². The monoisotopic (exact) mass is 287 g/mol. The molecule has 0 saturated heterocycles. The van der Waals surface area contributed by atoms with Crippen LogP contribution in [0.1, 0.15) is 16.9 Å². The van der Waals surface area contributed by atoms with Crippen molar-refractivity contribution in [1.29, 1.82) is 0 Å². The second kappa shape index (κ2) is 5.33. The first kappa shape index (κ1) is 12.6. The van der Waals surface area contributed by atoms with E-state index in [0.717, 1.165) is 22.5 Å². The van der Waals surface area contributed by atoms with Crippen molar-refractivity contribution in [2.24, 2.45) is 10.1 Å². The molecular weight excluding hydrogens is 274 g/mol. The van der Waals surface area contributed by atoms with Crippen LogP contribution in [0.5, 0.6) is 0 Å². The highest BCUT2D eigenvalue weighted by molar-refractivity contribution is 6.17. The molecule has 1 aromatic heterocycles. The Labute approximate surface area is 127 Å². The van der Waals surface area contributed by atoms with Crippen molar-refractivity contribution in [3.05, 3.63) is 89.9 Å². The summed E-state index contributed by atoms with van der Waals surface area (Å²) in [5.41, 5.74) is 6.78. The van der Waals surface area contributed by atoms with Crippen molar-refractivity contribution in [3.63, 3.8) is 0 Å². The Morgan fingerprint density at radius 2 is 1.64 bits per heavy atom. The lowest BCUT2D eigenvalue weighted by molar-refractivity contribution is 0.554. The first-order valence-electron chi connectivity index (χ1n) is 7.03. The van der Waals surface area contributed by atoms with Gasteiger partial charge in [-0.15, -0.1) is 0 Å². The number of rotatable bonds is 2. The molecule has 0 bridgehead atoms. The van der Waals surface area contributed by atoms with Crippen LogP contribution in [0.2, 0.25) is 0 Å². The second-order valence-electron chi connectivity index (χ2n) is 4.89. The van der Waals surface area contributed by atoms with Gasteiger partial charge in [-0.2, -0.15) is 5.10 Å². The maximum absolute atomic E-state index is 5.42. The fourth-order valence-electron chi connectivity index (χ4n) is 2.43. The molecule has 2 heterocycles. The molecule has 0 saturated carbocycles. The molecule has 2 aromatic carbocycles. The van der Waals surface area contributed by atoms with Crippen LogP contribution < -0.4 is 5.43 Å². The predicted molar refractivity (Wildman–Crippen MR) is 86.6 cm³/mol. The zero-order chi connectivity index (χ0) is 14.8. The molecule has 4 rings (SSSR count). The Bertz CT molecular complexity index is 849. The molecule has 4 heteroatoms. The van der Waals surface area contributed by atoms with E-state index in [-0.39, 0.29) is 0 Å². The smallest absolute Gasteiger partial charge is 0.190 e. The van der Waals surface area contributed by atoms with Crippen molar-refractivity contribution in [3.8, 4) is 0 Å². The van der Waals surface area contributed by atoms with E-state index in [9.17, 15) is 0 Å². The van der Waals surface area contributed by atoms with E-state index in [4.69, 9.17) is 4.42 Å². The topological polar surface area (TPSA) is 49.9 Å². The summed E-state index contributed by atoms with van der Waals surface area (Å²) in [7, 11) is 0. The fraction of sp³-hybridized carbons (Fsp3) is 0. The standard InChI is InChI=1S/C18H13N3O/c1-2-7-13(8-3-1)17-14-9-4-5-10-15(14)19-18(21-20-17)16-11-6-12-22-16/h1-12H,(H,19,21). The highest BCUT2D eigenvalue weighted by atomic mass is 16.3. The van der Waals surface area contributed by atoms with Crippen LogP contribution in [-0.4, -0.2) is 11.5 Å². The number of hydrazone groups is 1. The number of aliphatic imine (C=N–C) groups is 1. The maximum Gasteiger partial charge on any atom is 0.190 e. The van der Waals surface area contributed by atoms with Gasteiger partial charge in [0.2, 0.25) is 0 Å². The van der Waals surface area contributed by atoms with Crippen LogP contribution in [0.25, 0.3) is 0 Å². The molecule has 22 heavy (non-hydrogen) atoms. The number of nitrogens with zero attached hydrogens (tertiary/aromatic N) is 2. The van der Waals surface area contributed by atoms with E-state index in [2.05, 4.69) is 15.5 Å². The Balaban J connectivity index is 1.88. The largest absolute Gasteiger partial charge is 0.461 e. The van der Waals surface area contributed by atoms with Crippen LogP contribution in [0.3, 0.4) is 0 Å². The number of furan rings is 1. The normalized spacial score (nSPS) is 13.5. The minimum atomic E-state index is 0.600. The molecule has 1 N–H and O–H groups in total. The third kappa shape index (κ3) is 2.20. The average Bonchev–Trinajstić information content (AvgIpc) is 3.04. The summed E-state index contributed by atoms with van der Waals surface area (Å²) < 4.78 is 5.42. The molecule has 3 aromatic rings. The molecule has 0 aliphatic carbocycles. The summed E-state index contributed by atoms with van der Waals surface area (Å²) in [6.45, 7) is 0. The summed E-state index contributed by atoms with van der Waals surface area (Å²) in [5.74, 6) is 1.26. The van der Waals surface area contributed by atoms with Gasteiger partial charge in [0.25, 0.3) is 0 Å².